The molecule has 0 saturated carbocycles. The van der Waals surface area contributed by atoms with E-state index in [0.29, 0.717) is 34.5 Å². The Morgan fingerprint density at radius 2 is 1.74 bits per heavy atom. The Morgan fingerprint density at radius 1 is 0.963 bits per heavy atom. The van der Waals surface area contributed by atoms with E-state index in [1.807, 2.05) is 12.1 Å². The molecule has 0 aliphatic heterocycles. The van der Waals surface area contributed by atoms with Crippen molar-refractivity contribution in [2.45, 2.75) is 6.92 Å². The number of nitrogens with one attached hydrogen (secondary N) is 2. The normalized spacial score (nSPS) is 10.2. The van der Waals surface area contributed by atoms with Crippen LogP contribution in [0.25, 0.3) is 0 Å². The summed E-state index contributed by atoms with van der Waals surface area (Å²) in [6.45, 7) is 1.52. The van der Waals surface area contributed by atoms with Crippen molar-refractivity contribution < 1.29 is 14.3 Å². The Labute approximate surface area is 156 Å². The number of benzene rings is 2. The fraction of sp³-hybridized carbons (Fsp3) is 0.158. The number of Topliss-reactive ketones (excluding diaryl/α,β-unsaturated/α-hetero) is 1. The number of nitrogens with zero attached hydrogens (tertiary/aromatic N) is 3. The van der Waals surface area contributed by atoms with Crippen LogP contribution < -0.4 is 20.1 Å². The van der Waals surface area contributed by atoms with Crippen LogP contribution in [0.1, 0.15) is 17.3 Å². The van der Waals surface area contributed by atoms with E-state index in [1.165, 1.54) is 13.1 Å². The highest BCUT2D eigenvalue weighted by atomic mass is 16.5. The first-order chi connectivity index (χ1) is 13.1. The average molecular weight is 365 g/mol. The second-order valence-electron chi connectivity index (χ2n) is 5.62. The van der Waals surface area contributed by atoms with E-state index < -0.39 is 0 Å². The summed E-state index contributed by atoms with van der Waals surface area (Å²) >= 11 is 0. The maximum Gasteiger partial charge on any atom is 0.249 e. The number of aromatic nitrogens is 3. The highest BCUT2D eigenvalue weighted by Crippen LogP contribution is 2.30. The minimum absolute atomic E-state index is 0.0124. The molecular weight excluding hydrogens is 346 g/mol. The minimum atomic E-state index is -0.0124. The van der Waals surface area contributed by atoms with Crippen LogP contribution >= 0.6 is 0 Å². The SMILES string of the molecule is COc1ccc(Nc2cnnc(Nc3cccc(C(C)=O)c3)n2)cc1OC. The van der Waals surface area contributed by atoms with Crippen LogP contribution in [0.15, 0.2) is 48.7 Å². The number of ketones is 1. The molecule has 8 nitrogen and oxygen atoms in total. The van der Waals surface area contributed by atoms with Gasteiger partial charge in [0.15, 0.2) is 23.1 Å². The summed E-state index contributed by atoms with van der Waals surface area (Å²) < 4.78 is 10.5. The molecule has 138 valence electrons. The molecule has 0 aliphatic rings. The van der Waals surface area contributed by atoms with Gasteiger partial charge >= 0.3 is 0 Å². The van der Waals surface area contributed by atoms with E-state index in [0.717, 1.165) is 5.69 Å². The fourth-order valence-electron chi connectivity index (χ4n) is 2.42. The lowest BCUT2D eigenvalue weighted by Crippen LogP contribution is -2.03. The number of carbonyl (C=O) groups excluding carboxylic acids is 1. The summed E-state index contributed by atoms with van der Waals surface area (Å²) in [5, 5.41) is 14.1. The molecule has 0 radical (unpaired) electrons. The van der Waals surface area contributed by atoms with Crippen LogP contribution in [0.4, 0.5) is 23.1 Å². The first kappa shape index (κ1) is 18.1. The maximum absolute atomic E-state index is 11.5. The van der Waals surface area contributed by atoms with Gasteiger partial charge < -0.3 is 20.1 Å². The summed E-state index contributed by atoms with van der Waals surface area (Å²) in [4.78, 5) is 15.9. The van der Waals surface area contributed by atoms with E-state index in [4.69, 9.17) is 9.47 Å². The highest BCUT2D eigenvalue weighted by Gasteiger charge is 2.07. The third-order valence-electron chi connectivity index (χ3n) is 3.74. The smallest absolute Gasteiger partial charge is 0.249 e. The predicted molar refractivity (Wildman–Crippen MR) is 102 cm³/mol. The Balaban J connectivity index is 1.78. The number of hydrogen-bond donors (Lipinski definition) is 2. The van der Waals surface area contributed by atoms with Gasteiger partial charge in [0.2, 0.25) is 5.95 Å². The number of hydrogen-bond acceptors (Lipinski definition) is 8. The standard InChI is InChI=1S/C19H19N5O3/c1-12(25)13-5-4-6-14(9-13)22-19-23-18(11-20-24-19)21-15-7-8-16(26-2)17(10-15)27-3/h4-11H,1-3H3,(H2,21,22,23,24). The average Bonchev–Trinajstić information content (AvgIpc) is 2.68. The van der Waals surface area contributed by atoms with Crippen molar-refractivity contribution in [3.8, 4) is 11.5 Å². The van der Waals surface area contributed by atoms with Gasteiger partial charge in [-0.3, -0.25) is 4.79 Å². The molecule has 0 amide bonds. The molecule has 27 heavy (non-hydrogen) atoms. The Kier molecular flexibility index (Phi) is 5.46. The lowest BCUT2D eigenvalue weighted by Gasteiger charge is -2.11. The molecular formula is C19H19N5O3. The van der Waals surface area contributed by atoms with Gasteiger partial charge in [-0.25, -0.2) is 0 Å². The molecule has 1 heterocycles. The Hall–Kier alpha value is -3.68. The molecule has 0 aliphatic carbocycles. The van der Waals surface area contributed by atoms with Gasteiger partial charge in [0, 0.05) is 23.0 Å². The van der Waals surface area contributed by atoms with Gasteiger partial charge in [-0.2, -0.15) is 10.1 Å². The maximum atomic E-state index is 11.5. The van der Waals surface area contributed by atoms with Crippen molar-refractivity contribution >= 4 is 28.9 Å². The van der Waals surface area contributed by atoms with E-state index >= 15 is 0 Å². The van der Waals surface area contributed by atoms with Crippen molar-refractivity contribution in [1.82, 2.24) is 15.2 Å². The van der Waals surface area contributed by atoms with Gasteiger partial charge in [-0.15, -0.1) is 5.10 Å². The van der Waals surface area contributed by atoms with Gasteiger partial charge in [0.1, 0.15) is 0 Å². The summed E-state index contributed by atoms with van der Waals surface area (Å²) in [6, 6.07) is 12.5. The number of ether oxygens (including phenoxy) is 2. The molecule has 0 spiro atoms. The topological polar surface area (TPSA) is 98.3 Å². The highest BCUT2D eigenvalue weighted by molar-refractivity contribution is 5.95. The van der Waals surface area contributed by atoms with Crippen LogP contribution in [-0.4, -0.2) is 35.2 Å². The van der Waals surface area contributed by atoms with E-state index in [-0.39, 0.29) is 5.78 Å². The van der Waals surface area contributed by atoms with Crippen LogP contribution in [0.2, 0.25) is 0 Å². The zero-order valence-electron chi connectivity index (χ0n) is 15.2. The second-order valence-corrected chi connectivity index (χ2v) is 5.62. The molecule has 0 fully saturated rings. The van der Waals surface area contributed by atoms with E-state index in [1.54, 1.807) is 44.6 Å². The van der Waals surface area contributed by atoms with Crippen molar-refractivity contribution in [2.24, 2.45) is 0 Å². The molecule has 0 saturated heterocycles. The van der Waals surface area contributed by atoms with Crippen LogP contribution in [0.5, 0.6) is 11.5 Å². The number of anilines is 4. The molecule has 0 atom stereocenters. The van der Waals surface area contributed by atoms with Crippen molar-refractivity contribution in [1.29, 1.82) is 0 Å². The molecule has 0 unspecified atom stereocenters. The fourth-order valence-corrected chi connectivity index (χ4v) is 2.42. The summed E-state index contributed by atoms with van der Waals surface area (Å²) in [5.74, 6) is 2.03. The molecule has 3 aromatic rings. The lowest BCUT2D eigenvalue weighted by molar-refractivity contribution is 0.101. The van der Waals surface area contributed by atoms with Gasteiger partial charge in [0.25, 0.3) is 0 Å². The quantitative estimate of drug-likeness (QED) is 0.613. The predicted octanol–water partition coefficient (Wildman–Crippen LogP) is 3.58. The summed E-state index contributed by atoms with van der Waals surface area (Å²) in [5.41, 5.74) is 2.07. The van der Waals surface area contributed by atoms with E-state index in [9.17, 15) is 4.79 Å². The molecule has 3 rings (SSSR count). The van der Waals surface area contributed by atoms with Crippen LogP contribution in [-0.2, 0) is 0 Å². The summed E-state index contributed by atoms with van der Waals surface area (Å²) in [7, 11) is 3.16. The van der Waals surface area contributed by atoms with Crippen molar-refractivity contribution in [2.75, 3.05) is 24.9 Å². The van der Waals surface area contributed by atoms with Gasteiger partial charge in [-0.05, 0) is 31.2 Å². The third-order valence-corrected chi connectivity index (χ3v) is 3.74. The molecule has 2 N–H and O–H groups in total. The number of carbonyl (C=O) groups is 1. The minimum Gasteiger partial charge on any atom is -0.493 e. The number of rotatable bonds is 7. The first-order valence-electron chi connectivity index (χ1n) is 8.16. The number of methoxy groups -OCH3 is 2. The van der Waals surface area contributed by atoms with Crippen LogP contribution in [0.3, 0.4) is 0 Å². The third kappa shape index (κ3) is 4.49. The lowest BCUT2D eigenvalue weighted by atomic mass is 10.1. The zero-order valence-corrected chi connectivity index (χ0v) is 15.2. The summed E-state index contributed by atoms with van der Waals surface area (Å²) in [6.07, 6.45) is 1.51. The molecule has 2 aromatic carbocycles. The molecule has 8 heteroatoms. The zero-order chi connectivity index (χ0) is 19.2. The first-order valence-corrected chi connectivity index (χ1v) is 8.16. The van der Waals surface area contributed by atoms with Gasteiger partial charge in [-0.1, -0.05) is 12.1 Å². The Morgan fingerprint density at radius 3 is 2.48 bits per heavy atom. The van der Waals surface area contributed by atoms with Crippen molar-refractivity contribution in [3.05, 3.63) is 54.2 Å². The van der Waals surface area contributed by atoms with Gasteiger partial charge in [0.05, 0.1) is 20.4 Å². The second kappa shape index (κ2) is 8.13. The van der Waals surface area contributed by atoms with E-state index in [2.05, 4.69) is 25.8 Å². The largest absolute Gasteiger partial charge is 0.493 e. The molecule has 1 aromatic heterocycles. The monoisotopic (exact) mass is 365 g/mol. The Bertz CT molecular complexity index is 962. The molecule has 0 bridgehead atoms. The van der Waals surface area contributed by atoms with Crippen LogP contribution in [0, 0.1) is 0 Å². The van der Waals surface area contributed by atoms with Crippen molar-refractivity contribution in [3.63, 3.8) is 0 Å².